The second kappa shape index (κ2) is 23.9. The standard InChI is InChI=1S/C35H54FNO9/c1-3-4-5-8-11-15-28(38)16-12-9-6-7-10-13-17-30(35(44,34(42)43)22-25-45-2)32(39)37-31(33(40)41)26-27-18-20-29(21-19-27)46-24-14-23-36/h13,17-21,30-31,44H,3-12,14-16,22-26H2,1-2H3,(H,37,39)(H,40,41)(H,42,43)/t30-,31+,35+/m1/s1. The van der Waals surface area contributed by atoms with E-state index in [0.717, 1.165) is 38.5 Å². The van der Waals surface area contributed by atoms with E-state index in [2.05, 4.69) is 12.2 Å². The third-order valence-corrected chi connectivity index (χ3v) is 7.84. The molecule has 1 aromatic carbocycles. The van der Waals surface area contributed by atoms with E-state index in [4.69, 9.17) is 9.47 Å². The van der Waals surface area contributed by atoms with Gasteiger partial charge in [-0.25, -0.2) is 9.59 Å². The van der Waals surface area contributed by atoms with Crippen LogP contribution in [0.1, 0.15) is 102 Å². The monoisotopic (exact) mass is 651 g/mol. The number of carboxylic acid groups (broad SMARTS) is 2. The van der Waals surface area contributed by atoms with Gasteiger partial charge in [0.2, 0.25) is 5.91 Å². The van der Waals surface area contributed by atoms with Crippen LogP contribution in [0.25, 0.3) is 0 Å². The van der Waals surface area contributed by atoms with Gasteiger partial charge in [-0.1, -0.05) is 69.7 Å². The Kier molecular flexibility index (Phi) is 21.2. The number of hydrogen-bond donors (Lipinski definition) is 4. The van der Waals surface area contributed by atoms with Crippen molar-refractivity contribution in [1.29, 1.82) is 0 Å². The average Bonchev–Trinajstić information content (AvgIpc) is 3.03. The number of methoxy groups -OCH3 is 1. The van der Waals surface area contributed by atoms with E-state index in [1.54, 1.807) is 30.3 Å². The Morgan fingerprint density at radius 1 is 0.913 bits per heavy atom. The predicted molar refractivity (Wildman–Crippen MR) is 174 cm³/mol. The zero-order valence-electron chi connectivity index (χ0n) is 27.5. The molecule has 0 spiro atoms. The Hall–Kier alpha value is -3.31. The Balaban J connectivity index is 2.80. The molecule has 0 saturated carbocycles. The number of alkyl halides is 1. The second-order valence-electron chi connectivity index (χ2n) is 11.7. The van der Waals surface area contributed by atoms with E-state index >= 15 is 0 Å². The number of Topliss-reactive ketones (excluding diaryl/α,β-unsaturated/α-hetero) is 1. The van der Waals surface area contributed by atoms with Crippen molar-refractivity contribution >= 4 is 23.6 Å². The molecule has 1 amide bonds. The molecular formula is C35H54FNO9. The van der Waals surface area contributed by atoms with Crippen molar-refractivity contribution < 1.29 is 48.4 Å². The first-order valence-electron chi connectivity index (χ1n) is 16.5. The van der Waals surface area contributed by atoms with E-state index < -0.39 is 48.5 Å². The zero-order valence-corrected chi connectivity index (χ0v) is 27.5. The minimum Gasteiger partial charge on any atom is -0.494 e. The summed E-state index contributed by atoms with van der Waals surface area (Å²) in [7, 11) is 1.34. The molecule has 0 bridgehead atoms. The van der Waals surface area contributed by atoms with Crippen molar-refractivity contribution in [1.82, 2.24) is 5.32 Å². The van der Waals surface area contributed by atoms with Crippen LogP contribution in [0, 0.1) is 5.92 Å². The number of benzene rings is 1. The summed E-state index contributed by atoms with van der Waals surface area (Å²) in [5.74, 6) is -4.69. The number of ketones is 1. The molecule has 0 aliphatic rings. The lowest BCUT2D eigenvalue weighted by Gasteiger charge is -2.30. The molecule has 11 heteroatoms. The number of carbonyl (C=O) groups is 4. The van der Waals surface area contributed by atoms with E-state index in [-0.39, 0.29) is 26.1 Å². The van der Waals surface area contributed by atoms with Crippen LogP contribution in [-0.4, -0.2) is 77.6 Å². The number of halogens is 1. The van der Waals surface area contributed by atoms with Gasteiger partial charge >= 0.3 is 11.9 Å². The number of unbranched alkanes of at least 4 members (excludes halogenated alkanes) is 8. The third kappa shape index (κ3) is 16.3. The molecule has 46 heavy (non-hydrogen) atoms. The Morgan fingerprint density at radius 3 is 2.11 bits per heavy atom. The zero-order chi connectivity index (χ0) is 34.2. The normalized spacial score (nSPS) is 14.0. The number of nitrogens with one attached hydrogen (secondary N) is 1. The predicted octanol–water partition coefficient (Wildman–Crippen LogP) is 5.83. The summed E-state index contributed by atoms with van der Waals surface area (Å²) in [4.78, 5) is 49.7. The van der Waals surface area contributed by atoms with Gasteiger partial charge < -0.3 is 30.1 Å². The lowest BCUT2D eigenvalue weighted by atomic mass is 9.83. The molecule has 0 heterocycles. The van der Waals surface area contributed by atoms with Gasteiger partial charge in [0, 0.05) is 45.8 Å². The molecule has 1 aromatic rings. The van der Waals surface area contributed by atoms with Crippen molar-refractivity contribution in [2.45, 2.75) is 115 Å². The maximum absolute atomic E-state index is 13.4. The quantitative estimate of drug-likeness (QED) is 0.0646. The molecule has 3 atom stereocenters. The molecule has 1 rings (SSSR count). The van der Waals surface area contributed by atoms with E-state index in [0.29, 0.717) is 36.4 Å². The highest BCUT2D eigenvalue weighted by Gasteiger charge is 2.47. The van der Waals surface area contributed by atoms with Crippen LogP contribution in [-0.2, 0) is 30.3 Å². The van der Waals surface area contributed by atoms with Crippen molar-refractivity contribution in [3.63, 3.8) is 0 Å². The third-order valence-electron chi connectivity index (χ3n) is 7.84. The summed E-state index contributed by atoms with van der Waals surface area (Å²) in [5, 5.41) is 33.3. The minimum atomic E-state index is -2.53. The van der Waals surface area contributed by atoms with Gasteiger partial charge in [-0.2, -0.15) is 0 Å². The number of amides is 1. The highest BCUT2D eigenvalue weighted by molar-refractivity contribution is 5.92. The SMILES string of the molecule is CCCCCCCC(=O)CCCCCCC=C[C@H](C(=O)N[C@@H](Cc1ccc(OCCCF)cc1)C(=O)O)[C@@](O)(CCOC)C(=O)O. The summed E-state index contributed by atoms with van der Waals surface area (Å²) < 4.78 is 22.7. The maximum Gasteiger partial charge on any atom is 0.336 e. The molecule has 0 radical (unpaired) electrons. The minimum absolute atomic E-state index is 0.104. The van der Waals surface area contributed by atoms with Crippen LogP contribution < -0.4 is 10.1 Å². The van der Waals surface area contributed by atoms with Crippen molar-refractivity contribution in [2.24, 2.45) is 5.92 Å². The molecule has 0 unspecified atom stereocenters. The van der Waals surface area contributed by atoms with Crippen molar-refractivity contribution in [3.8, 4) is 5.75 Å². The highest BCUT2D eigenvalue weighted by atomic mass is 19.1. The average molecular weight is 652 g/mol. The molecule has 0 fully saturated rings. The fourth-order valence-electron chi connectivity index (χ4n) is 5.00. The van der Waals surface area contributed by atoms with Crippen LogP contribution in [0.4, 0.5) is 4.39 Å². The molecule has 0 aromatic heterocycles. The van der Waals surface area contributed by atoms with E-state index in [9.17, 15) is 38.9 Å². The molecular weight excluding hydrogens is 597 g/mol. The summed E-state index contributed by atoms with van der Waals surface area (Å²) in [5.41, 5.74) is -1.96. The number of hydrogen-bond acceptors (Lipinski definition) is 7. The van der Waals surface area contributed by atoms with Crippen LogP contribution in [0.5, 0.6) is 5.75 Å². The lowest BCUT2D eigenvalue weighted by molar-refractivity contribution is -0.168. The highest BCUT2D eigenvalue weighted by Crippen LogP contribution is 2.26. The molecule has 260 valence electrons. The summed E-state index contributed by atoms with van der Waals surface area (Å²) in [6, 6.07) is 5.07. The van der Waals surface area contributed by atoms with Crippen molar-refractivity contribution in [2.75, 3.05) is 27.0 Å². The van der Waals surface area contributed by atoms with Crippen molar-refractivity contribution in [3.05, 3.63) is 42.0 Å². The summed E-state index contributed by atoms with van der Waals surface area (Å²) >= 11 is 0. The van der Waals surface area contributed by atoms with Gasteiger partial charge in [-0.15, -0.1) is 0 Å². The summed E-state index contributed by atoms with van der Waals surface area (Å²) in [6.07, 6.45) is 13.3. The van der Waals surface area contributed by atoms with Gasteiger partial charge in [0.15, 0.2) is 5.60 Å². The fraction of sp³-hybridized carbons (Fsp3) is 0.657. The van der Waals surface area contributed by atoms with Gasteiger partial charge in [0.05, 0.1) is 19.2 Å². The molecule has 0 aliphatic carbocycles. The topological polar surface area (TPSA) is 159 Å². The molecule has 0 aliphatic heterocycles. The van der Waals surface area contributed by atoms with Crippen LogP contribution in [0.3, 0.4) is 0 Å². The number of carboxylic acids is 2. The number of allylic oxidation sites excluding steroid dienone is 1. The fourth-order valence-corrected chi connectivity index (χ4v) is 5.00. The molecule has 4 N–H and O–H groups in total. The Morgan fingerprint density at radius 2 is 1.54 bits per heavy atom. The first-order valence-corrected chi connectivity index (χ1v) is 16.5. The molecule has 0 saturated heterocycles. The maximum atomic E-state index is 13.4. The number of ether oxygens (including phenoxy) is 2. The molecule has 10 nitrogen and oxygen atoms in total. The second-order valence-corrected chi connectivity index (χ2v) is 11.7. The van der Waals surface area contributed by atoms with Crippen LogP contribution in [0.2, 0.25) is 0 Å². The van der Waals surface area contributed by atoms with Gasteiger partial charge in [-0.3, -0.25) is 14.0 Å². The van der Waals surface area contributed by atoms with Crippen LogP contribution in [0.15, 0.2) is 36.4 Å². The smallest absolute Gasteiger partial charge is 0.336 e. The van der Waals surface area contributed by atoms with Gasteiger partial charge in [0.1, 0.15) is 17.6 Å². The number of rotatable bonds is 28. The largest absolute Gasteiger partial charge is 0.494 e. The summed E-state index contributed by atoms with van der Waals surface area (Å²) in [6.45, 7) is 1.72. The number of aliphatic hydroxyl groups is 1. The Bertz CT molecular complexity index is 1060. The van der Waals surface area contributed by atoms with Gasteiger partial charge in [0.25, 0.3) is 0 Å². The number of aliphatic carboxylic acids is 2. The first kappa shape index (κ1) is 40.7. The van der Waals surface area contributed by atoms with Crippen LogP contribution >= 0.6 is 0 Å². The van der Waals surface area contributed by atoms with E-state index in [1.165, 1.54) is 32.4 Å². The Labute approximate surface area is 272 Å². The first-order chi connectivity index (χ1) is 22.1. The van der Waals surface area contributed by atoms with E-state index in [1.807, 2.05) is 0 Å². The lowest BCUT2D eigenvalue weighted by Crippen LogP contribution is -2.55. The van der Waals surface area contributed by atoms with Gasteiger partial charge in [-0.05, 0) is 43.4 Å². The number of carbonyl (C=O) groups excluding carboxylic acids is 2.